The van der Waals surface area contributed by atoms with Crippen molar-refractivity contribution in [3.05, 3.63) is 242 Å². The van der Waals surface area contributed by atoms with Gasteiger partial charge in [-0.15, -0.1) is 0 Å². The molecule has 298 valence electrons. The number of nitrogens with zero attached hydrogens (tertiary/aromatic N) is 2. The molecule has 63 heavy (non-hydrogen) atoms. The van der Waals surface area contributed by atoms with Crippen LogP contribution in [0.4, 0.5) is 17.1 Å². The van der Waals surface area contributed by atoms with E-state index in [-0.39, 0.29) is 5.41 Å². The predicted octanol–water partition coefficient (Wildman–Crippen LogP) is 16.7. The fraction of sp³-hybridized carbons (Fsp3) is 0.0492. The molecule has 0 radical (unpaired) electrons. The van der Waals surface area contributed by atoms with Gasteiger partial charge in [-0.05, 0) is 115 Å². The maximum atomic E-state index is 2.47. The van der Waals surface area contributed by atoms with Crippen molar-refractivity contribution in [3.63, 3.8) is 0 Å². The van der Waals surface area contributed by atoms with E-state index >= 15 is 0 Å². The molecule has 0 unspecified atom stereocenters. The van der Waals surface area contributed by atoms with Crippen LogP contribution in [-0.2, 0) is 5.41 Å². The number of benzene rings is 10. The van der Waals surface area contributed by atoms with Gasteiger partial charge in [0.15, 0.2) is 0 Å². The fourth-order valence-corrected chi connectivity index (χ4v) is 10.4. The largest absolute Gasteiger partial charge is 0.310 e. The number of para-hydroxylation sites is 3. The quantitative estimate of drug-likeness (QED) is 0.156. The van der Waals surface area contributed by atoms with Crippen molar-refractivity contribution in [2.24, 2.45) is 0 Å². The van der Waals surface area contributed by atoms with Gasteiger partial charge in [0.05, 0.1) is 16.7 Å². The van der Waals surface area contributed by atoms with Crippen LogP contribution >= 0.6 is 0 Å². The molecule has 0 saturated heterocycles. The van der Waals surface area contributed by atoms with E-state index in [9.17, 15) is 0 Å². The molecular weight excluding hydrogens is 761 g/mol. The summed E-state index contributed by atoms with van der Waals surface area (Å²) in [6, 6.07) is 84.7. The summed E-state index contributed by atoms with van der Waals surface area (Å²) in [5, 5.41) is 4.99. The Bertz CT molecular complexity index is 3520. The monoisotopic (exact) mass is 804 g/mol. The van der Waals surface area contributed by atoms with E-state index in [0.717, 1.165) is 22.7 Å². The van der Waals surface area contributed by atoms with Gasteiger partial charge in [0.1, 0.15) is 0 Å². The van der Waals surface area contributed by atoms with Crippen molar-refractivity contribution in [1.82, 2.24) is 4.57 Å². The van der Waals surface area contributed by atoms with Gasteiger partial charge in [0.25, 0.3) is 0 Å². The van der Waals surface area contributed by atoms with Crippen LogP contribution in [0.25, 0.3) is 82.8 Å². The van der Waals surface area contributed by atoms with Gasteiger partial charge in [0, 0.05) is 38.8 Å². The Morgan fingerprint density at radius 1 is 0.365 bits per heavy atom. The zero-order chi connectivity index (χ0) is 42.1. The third-order valence-electron chi connectivity index (χ3n) is 13.4. The SMILES string of the molecule is CC1(C)c2ccccc2-c2ccc(N(c3ccc(-c4ccc5c6ccccc6n(-c6ccccc6)c5c4)cc3)c3ccccc3-c3cccc4cccc(-c5ccccc5)c34)cc21. The zero-order valence-corrected chi connectivity index (χ0v) is 35.3. The van der Waals surface area contributed by atoms with Crippen LogP contribution in [0.1, 0.15) is 25.0 Å². The van der Waals surface area contributed by atoms with Crippen molar-refractivity contribution >= 4 is 49.6 Å². The van der Waals surface area contributed by atoms with Crippen molar-refractivity contribution in [2.75, 3.05) is 4.90 Å². The van der Waals surface area contributed by atoms with E-state index in [0.29, 0.717) is 0 Å². The molecule has 0 fully saturated rings. The number of fused-ring (bicyclic) bond motifs is 7. The summed E-state index contributed by atoms with van der Waals surface area (Å²) in [5.74, 6) is 0. The third kappa shape index (κ3) is 5.94. The molecule has 2 nitrogen and oxygen atoms in total. The number of aromatic nitrogens is 1. The molecule has 0 atom stereocenters. The minimum Gasteiger partial charge on any atom is -0.310 e. The van der Waals surface area contributed by atoms with Gasteiger partial charge in [-0.3, -0.25) is 0 Å². The molecular formula is C61H44N2. The summed E-state index contributed by atoms with van der Waals surface area (Å²) < 4.78 is 2.39. The lowest BCUT2D eigenvalue weighted by atomic mass is 9.82. The number of hydrogen-bond donors (Lipinski definition) is 0. The molecule has 0 N–H and O–H groups in total. The average Bonchev–Trinajstić information content (AvgIpc) is 3.79. The van der Waals surface area contributed by atoms with E-state index in [1.54, 1.807) is 0 Å². The van der Waals surface area contributed by atoms with Crippen molar-refractivity contribution < 1.29 is 0 Å². The lowest BCUT2D eigenvalue weighted by Crippen LogP contribution is -2.16. The molecule has 1 aromatic heterocycles. The Kier molecular flexibility index (Phi) is 8.55. The molecule has 0 amide bonds. The minimum absolute atomic E-state index is 0.141. The molecule has 10 aromatic carbocycles. The minimum atomic E-state index is -0.141. The highest BCUT2D eigenvalue weighted by molar-refractivity contribution is 6.11. The average molecular weight is 805 g/mol. The standard InChI is InChI=1S/C61H44N2/c1-61(2)55-28-12-9-23-49(55)50-38-36-47(40-56(50)61)62(57-29-13-11-25-52(57)54-27-16-20-43-19-15-26-48(60(43)54)42-17-5-3-6-18-42)46-34-31-41(32-35-46)44-33-37-53-51-24-10-14-30-58(51)63(59(53)39-44)45-21-7-4-8-22-45/h3-40H,1-2H3. The van der Waals surface area contributed by atoms with Crippen LogP contribution in [-0.4, -0.2) is 4.57 Å². The maximum absolute atomic E-state index is 2.47. The molecule has 1 aliphatic rings. The van der Waals surface area contributed by atoms with E-state index in [4.69, 9.17) is 0 Å². The second-order valence-electron chi connectivity index (χ2n) is 17.3. The first-order chi connectivity index (χ1) is 31.0. The molecule has 2 heteroatoms. The summed E-state index contributed by atoms with van der Waals surface area (Å²) in [5.41, 5.74) is 19.3. The third-order valence-corrected chi connectivity index (χ3v) is 13.4. The van der Waals surface area contributed by atoms with Crippen molar-refractivity contribution in [2.45, 2.75) is 19.3 Å². The summed E-state index contributed by atoms with van der Waals surface area (Å²) >= 11 is 0. The molecule has 1 heterocycles. The fourth-order valence-electron chi connectivity index (χ4n) is 10.4. The maximum Gasteiger partial charge on any atom is 0.0547 e. The molecule has 0 aliphatic heterocycles. The second-order valence-corrected chi connectivity index (χ2v) is 17.3. The highest BCUT2D eigenvalue weighted by atomic mass is 15.1. The van der Waals surface area contributed by atoms with Crippen LogP contribution in [0.5, 0.6) is 0 Å². The topological polar surface area (TPSA) is 8.17 Å². The lowest BCUT2D eigenvalue weighted by Gasteiger charge is -2.30. The van der Waals surface area contributed by atoms with Crippen molar-refractivity contribution in [1.29, 1.82) is 0 Å². The van der Waals surface area contributed by atoms with Gasteiger partial charge >= 0.3 is 0 Å². The Morgan fingerprint density at radius 2 is 0.968 bits per heavy atom. The van der Waals surface area contributed by atoms with Gasteiger partial charge in [-0.25, -0.2) is 0 Å². The Hall–Kier alpha value is -7.94. The second kappa shape index (κ2) is 14.6. The Morgan fingerprint density at radius 3 is 1.78 bits per heavy atom. The molecule has 0 spiro atoms. The van der Waals surface area contributed by atoms with Crippen molar-refractivity contribution in [3.8, 4) is 50.2 Å². The zero-order valence-electron chi connectivity index (χ0n) is 35.3. The first kappa shape index (κ1) is 36.9. The van der Waals surface area contributed by atoms with Gasteiger partial charge < -0.3 is 9.47 Å². The van der Waals surface area contributed by atoms with E-state index in [1.807, 2.05) is 0 Å². The molecule has 0 bridgehead atoms. The van der Waals surface area contributed by atoms with Crippen LogP contribution in [0, 0.1) is 0 Å². The lowest BCUT2D eigenvalue weighted by molar-refractivity contribution is 0.660. The van der Waals surface area contributed by atoms with Crippen LogP contribution < -0.4 is 4.90 Å². The first-order valence-corrected chi connectivity index (χ1v) is 21.9. The molecule has 11 aromatic rings. The number of hydrogen-bond acceptors (Lipinski definition) is 1. The van der Waals surface area contributed by atoms with Gasteiger partial charge in [-0.2, -0.15) is 0 Å². The van der Waals surface area contributed by atoms with Gasteiger partial charge in [-0.1, -0.05) is 190 Å². The molecule has 12 rings (SSSR count). The summed E-state index contributed by atoms with van der Waals surface area (Å²) in [6.45, 7) is 4.73. The van der Waals surface area contributed by atoms with E-state index in [2.05, 4.69) is 254 Å². The number of anilines is 3. The predicted molar refractivity (Wildman–Crippen MR) is 267 cm³/mol. The molecule has 1 aliphatic carbocycles. The summed E-state index contributed by atoms with van der Waals surface area (Å²) in [7, 11) is 0. The first-order valence-electron chi connectivity index (χ1n) is 21.9. The van der Waals surface area contributed by atoms with Crippen LogP contribution in [0.3, 0.4) is 0 Å². The number of rotatable bonds is 7. The summed E-state index contributed by atoms with van der Waals surface area (Å²) in [6.07, 6.45) is 0. The van der Waals surface area contributed by atoms with E-state index in [1.165, 1.54) is 88.2 Å². The molecule has 0 saturated carbocycles. The van der Waals surface area contributed by atoms with E-state index < -0.39 is 0 Å². The highest BCUT2D eigenvalue weighted by Gasteiger charge is 2.36. The Labute approximate surface area is 368 Å². The normalized spacial score (nSPS) is 12.7. The summed E-state index contributed by atoms with van der Waals surface area (Å²) in [4.78, 5) is 2.47. The smallest absolute Gasteiger partial charge is 0.0547 e. The van der Waals surface area contributed by atoms with Crippen LogP contribution in [0.15, 0.2) is 231 Å². The Balaban J connectivity index is 1.04. The van der Waals surface area contributed by atoms with Crippen LogP contribution in [0.2, 0.25) is 0 Å². The highest BCUT2D eigenvalue weighted by Crippen LogP contribution is 2.52. The van der Waals surface area contributed by atoms with Gasteiger partial charge in [0.2, 0.25) is 0 Å².